The molecule has 1 unspecified atom stereocenters. The molecule has 1 heterocycles. The minimum Gasteiger partial charge on any atom is -0.479 e. The summed E-state index contributed by atoms with van der Waals surface area (Å²) in [5.41, 5.74) is 1.04. The zero-order valence-electron chi connectivity index (χ0n) is 11.5. The molecule has 1 fully saturated rings. The highest BCUT2D eigenvalue weighted by atomic mass is 16.5. The van der Waals surface area contributed by atoms with Crippen molar-refractivity contribution in [3.05, 3.63) is 29.8 Å². The van der Waals surface area contributed by atoms with Crippen LogP contribution in [0.1, 0.15) is 17.3 Å². The standard InChI is InChI=1S/C14H16N2O5/c1-9(17)15-11-4-2-10(3-5-11)13(18)16-6-7-21-12(8-16)14(19)20/h2-5,12H,6-8H2,1H3,(H,15,17)(H,19,20). The molecule has 1 aromatic rings. The number of carbonyl (C=O) groups is 3. The van der Waals surface area contributed by atoms with Crippen molar-refractivity contribution in [3.8, 4) is 0 Å². The smallest absolute Gasteiger partial charge is 0.334 e. The highest BCUT2D eigenvalue weighted by Gasteiger charge is 2.29. The third-order valence-corrected chi connectivity index (χ3v) is 3.08. The number of nitrogens with one attached hydrogen (secondary N) is 1. The summed E-state index contributed by atoms with van der Waals surface area (Å²) in [4.78, 5) is 35.6. The summed E-state index contributed by atoms with van der Waals surface area (Å²) >= 11 is 0. The van der Waals surface area contributed by atoms with E-state index in [1.54, 1.807) is 24.3 Å². The van der Waals surface area contributed by atoms with Gasteiger partial charge in [0, 0.05) is 24.7 Å². The summed E-state index contributed by atoms with van der Waals surface area (Å²) < 4.78 is 5.08. The van der Waals surface area contributed by atoms with E-state index in [2.05, 4.69) is 5.32 Å². The van der Waals surface area contributed by atoms with Crippen molar-refractivity contribution < 1.29 is 24.2 Å². The fraction of sp³-hybridized carbons (Fsp3) is 0.357. The molecule has 21 heavy (non-hydrogen) atoms. The molecule has 2 N–H and O–H groups in total. The van der Waals surface area contributed by atoms with Gasteiger partial charge in [0.1, 0.15) is 0 Å². The molecule has 7 nitrogen and oxygen atoms in total. The number of anilines is 1. The van der Waals surface area contributed by atoms with Gasteiger partial charge in [0.2, 0.25) is 5.91 Å². The van der Waals surface area contributed by atoms with Gasteiger partial charge in [-0.15, -0.1) is 0 Å². The van der Waals surface area contributed by atoms with Crippen molar-refractivity contribution in [1.29, 1.82) is 0 Å². The van der Waals surface area contributed by atoms with E-state index in [0.29, 0.717) is 17.8 Å². The SMILES string of the molecule is CC(=O)Nc1ccc(C(=O)N2CCOC(C(=O)O)C2)cc1. The minimum atomic E-state index is -1.08. The fourth-order valence-electron chi connectivity index (χ4n) is 2.07. The maximum absolute atomic E-state index is 12.3. The second-order valence-corrected chi connectivity index (χ2v) is 4.71. The van der Waals surface area contributed by atoms with Gasteiger partial charge in [-0.2, -0.15) is 0 Å². The van der Waals surface area contributed by atoms with Crippen LogP contribution in [0.15, 0.2) is 24.3 Å². The van der Waals surface area contributed by atoms with Crippen LogP contribution in [0.4, 0.5) is 5.69 Å². The molecule has 2 rings (SSSR count). The Bertz CT molecular complexity index is 555. The first kappa shape index (κ1) is 15.0. The Morgan fingerprint density at radius 3 is 2.52 bits per heavy atom. The molecular formula is C14H16N2O5. The highest BCUT2D eigenvalue weighted by molar-refractivity contribution is 5.95. The van der Waals surface area contributed by atoms with Crippen LogP contribution in [0.25, 0.3) is 0 Å². The number of morpholine rings is 1. The predicted octanol–water partition coefficient (Wildman–Crippen LogP) is 0.571. The third kappa shape index (κ3) is 3.79. The number of benzene rings is 1. The van der Waals surface area contributed by atoms with Crippen LogP contribution < -0.4 is 5.32 Å². The van der Waals surface area contributed by atoms with Crippen molar-refractivity contribution in [3.63, 3.8) is 0 Å². The van der Waals surface area contributed by atoms with Crippen LogP contribution in [0.2, 0.25) is 0 Å². The quantitative estimate of drug-likeness (QED) is 0.849. The molecule has 112 valence electrons. The molecule has 0 aromatic heterocycles. The van der Waals surface area contributed by atoms with Crippen LogP contribution in [-0.4, -0.2) is 53.6 Å². The van der Waals surface area contributed by atoms with Gasteiger partial charge in [-0.05, 0) is 24.3 Å². The largest absolute Gasteiger partial charge is 0.479 e. The number of amides is 2. The summed E-state index contributed by atoms with van der Waals surface area (Å²) in [5, 5.41) is 11.5. The lowest BCUT2D eigenvalue weighted by molar-refractivity contribution is -0.154. The fourth-order valence-corrected chi connectivity index (χ4v) is 2.07. The second-order valence-electron chi connectivity index (χ2n) is 4.71. The Balaban J connectivity index is 2.05. The molecule has 1 saturated heterocycles. The Morgan fingerprint density at radius 2 is 1.95 bits per heavy atom. The van der Waals surface area contributed by atoms with Gasteiger partial charge in [-0.3, -0.25) is 9.59 Å². The van der Waals surface area contributed by atoms with E-state index in [9.17, 15) is 14.4 Å². The van der Waals surface area contributed by atoms with E-state index < -0.39 is 12.1 Å². The van der Waals surface area contributed by atoms with Crippen molar-refractivity contribution in [2.24, 2.45) is 0 Å². The summed E-state index contributed by atoms with van der Waals surface area (Å²) in [6, 6.07) is 6.45. The summed E-state index contributed by atoms with van der Waals surface area (Å²) in [5.74, 6) is -1.51. The Morgan fingerprint density at radius 1 is 1.29 bits per heavy atom. The Hall–Kier alpha value is -2.41. The predicted molar refractivity (Wildman–Crippen MR) is 74.0 cm³/mol. The van der Waals surface area contributed by atoms with Crippen LogP contribution in [-0.2, 0) is 14.3 Å². The molecule has 0 aliphatic carbocycles. The van der Waals surface area contributed by atoms with Gasteiger partial charge in [0.15, 0.2) is 6.10 Å². The average Bonchev–Trinajstić information content (AvgIpc) is 2.47. The molecule has 0 spiro atoms. The molecule has 0 saturated carbocycles. The number of hydrogen-bond acceptors (Lipinski definition) is 4. The minimum absolute atomic E-state index is 0.0294. The molecular weight excluding hydrogens is 276 g/mol. The van der Waals surface area contributed by atoms with Gasteiger partial charge in [0.05, 0.1) is 13.2 Å². The van der Waals surface area contributed by atoms with Crippen molar-refractivity contribution in [1.82, 2.24) is 4.90 Å². The number of hydrogen-bond donors (Lipinski definition) is 2. The molecule has 1 aromatic carbocycles. The number of carboxylic acids is 1. The molecule has 1 atom stereocenters. The second kappa shape index (κ2) is 6.36. The van der Waals surface area contributed by atoms with Crippen molar-refractivity contribution >= 4 is 23.5 Å². The molecule has 1 aliphatic heterocycles. The Labute approximate surface area is 121 Å². The van der Waals surface area contributed by atoms with Gasteiger partial charge in [-0.1, -0.05) is 0 Å². The third-order valence-electron chi connectivity index (χ3n) is 3.08. The van der Waals surface area contributed by atoms with E-state index in [0.717, 1.165) is 0 Å². The van der Waals surface area contributed by atoms with Gasteiger partial charge >= 0.3 is 5.97 Å². The number of aliphatic carboxylic acids is 1. The lowest BCUT2D eigenvalue weighted by atomic mass is 10.1. The van der Waals surface area contributed by atoms with E-state index in [1.165, 1.54) is 11.8 Å². The number of rotatable bonds is 3. The van der Waals surface area contributed by atoms with E-state index in [4.69, 9.17) is 9.84 Å². The Kier molecular flexibility index (Phi) is 4.54. The average molecular weight is 292 g/mol. The molecule has 1 aliphatic rings. The summed E-state index contributed by atoms with van der Waals surface area (Å²) in [7, 11) is 0. The maximum atomic E-state index is 12.3. The first-order valence-corrected chi connectivity index (χ1v) is 6.48. The van der Waals surface area contributed by atoms with Crippen molar-refractivity contribution in [2.45, 2.75) is 13.0 Å². The van der Waals surface area contributed by atoms with Crippen molar-refractivity contribution in [2.75, 3.05) is 25.0 Å². The zero-order valence-corrected chi connectivity index (χ0v) is 11.5. The lowest BCUT2D eigenvalue weighted by Crippen LogP contribution is -2.48. The highest BCUT2D eigenvalue weighted by Crippen LogP contribution is 2.14. The number of nitrogens with zero attached hydrogens (tertiary/aromatic N) is 1. The van der Waals surface area contributed by atoms with E-state index in [-0.39, 0.29) is 25.0 Å². The van der Waals surface area contributed by atoms with E-state index in [1.807, 2.05) is 0 Å². The van der Waals surface area contributed by atoms with Crippen LogP contribution in [0.3, 0.4) is 0 Å². The van der Waals surface area contributed by atoms with Gasteiger partial charge < -0.3 is 20.1 Å². The number of carbonyl (C=O) groups excluding carboxylic acids is 2. The topological polar surface area (TPSA) is 95.9 Å². The van der Waals surface area contributed by atoms with Crippen LogP contribution in [0, 0.1) is 0 Å². The number of carboxylic acid groups (broad SMARTS) is 1. The summed E-state index contributed by atoms with van der Waals surface area (Å²) in [6.07, 6.45) is -0.985. The van der Waals surface area contributed by atoms with Crippen LogP contribution >= 0.6 is 0 Å². The normalized spacial score (nSPS) is 18.1. The molecule has 0 bridgehead atoms. The first-order valence-electron chi connectivity index (χ1n) is 6.48. The van der Waals surface area contributed by atoms with Crippen LogP contribution in [0.5, 0.6) is 0 Å². The summed E-state index contributed by atoms with van der Waals surface area (Å²) in [6.45, 7) is 1.99. The first-order chi connectivity index (χ1) is 9.97. The van der Waals surface area contributed by atoms with Gasteiger partial charge in [-0.25, -0.2) is 4.79 Å². The maximum Gasteiger partial charge on any atom is 0.334 e. The molecule has 0 radical (unpaired) electrons. The number of ether oxygens (including phenoxy) is 1. The lowest BCUT2D eigenvalue weighted by Gasteiger charge is -2.30. The zero-order chi connectivity index (χ0) is 15.4. The van der Waals surface area contributed by atoms with E-state index >= 15 is 0 Å². The molecule has 2 amide bonds. The molecule has 7 heteroatoms. The van der Waals surface area contributed by atoms with Gasteiger partial charge in [0.25, 0.3) is 5.91 Å². The monoisotopic (exact) mass is 292 g/mol.